The molecule has 4 rings (SSSR count). The third-order valence-electron chi connectivity index (χ3n) is 3.62. The lowest BCUT2D eigenvalue weighted by molar-refractivity contribution is 1.01. The van der Waals surface area contributed by atoms with Crippen LogP contribution < -0.4 is 16.4 Å². The highest BCUT2D eigenvalue weighted by Crippen LogP contribution is 2.30. The maximum absolute atomic E-state index is 5.38. The van der Waals surface area contributed by atoms with Crippen LogP contribution in [0, 0.1) is 0 Å². The molecular formula is C21H20N6. The van der Waals surface area contributed by atoms with Crippen LogP contribution in [0.3, 0.4) is 0 Å². The van der Waals surface area contributed by atoms with E-state index in [0.717, 1.165) is 11.4 Å². The van der Waals surface area contributed by atoms with E-state index in [1.807, 2.05) is 71.6 Å². The monoisotopic (exact) mass is 356 g/mol. The molecule has 4 aromatic rings. The van der Waals surface area contributed by atoms with Gasteiger partial charge in [0.2, 0.25) is 5.95 Å². The molecule has 0 aliphatic carbocycles. The van der Waals surface area contributed by atoms with Crippen LogP contribution in [0.2, 0.25) is 0 Å². The summed E-state index contributed by atoms with van der Waals surface area (Å²) in [4.78, 5) is 14.3. The van der Waals surface area contributed by atoms with Gasteiger partial charge in [-0.05, 0) is 42.5 Å². The third kappa shape index (κ3) is 5.02. The smallest absolute Gasteiger partial charge is 0.237 e. The average Bonchev–Trinajstić information content (AvgIpc) is 2.71. The van der Waals surface area contributed by atoms with Gasteiger partial charge in [0, 0.05) is 22.7 Å². The van der Waals surface area contributed by atoms with E-state index in [0.29, 0.717) is 17.3 Å². The van der Waals surface area contributed by atoms with Crippen molar-refractivity contribution >= 4 is 28.7 Å². The number of nitrogens with two attached hydrogens (primary N) is 2. The molecule has 0 aliphatic rings. The first-order chi connectivity index (χ1) is 13.2. The summed E-state index contributed by atoms with van der Waals surface area (Å²) in [7, 11) is 0. The number of nitrogens with zero attached hydrogens (tertiary/aromatic N) is 4. The molecule has 0 saturated carbocycles. The molecule has 0 amide bonds. The topological polar surface area (TPSA) is 94.0 Å². The van der Waals surface area contributed by atoms with Crippen molar-refractivity contribution in [2.45, 2.75) is 0 Å². The third-order valence-corrected chi connectivity index (χ3v) is 3.62. The molecular weight excluding hydrogens is 336 g/mol. The van der Waals surface area contributed by atoms with E-state index in [2.05, 4.69) is 15.0 Å². The molecule has 0 bridgehead atoms. The minimum absolute atomic E-state index is 0.604. The van der Waals surface area contributed by atoms with Crippen LogP contribution in [0.25, 0.3) is 0 Å². The van der Waals surface area contributed by atoms with Gasteiger partial charge in [-0.15, -0.1) is 0 Å². The molecule has 0 radical (unpaired) electrons. The molecule has 134 valence electrons. The SMILES string of the molecule is Nc1cccc(N)c1.c1ccc(N(c2ccccc2)c2ncncn2)cc1. The molecule has 1 aromatic heterocycles. The lowest BCUT2D eigenvalue weighted by atomic mass is 10.2. The number of anilines is 5. The summed E-state index contributed by atoms with van der Waals surface area (Å²) in [6.07, 6.45) is 3.00. The van der Waals surface area contributed by atoms with E-state index in [1.165, 1.54) is 12.7 Å². The molecule has 0 fully saturated rings. The van der Waals surface area contributed by atoms with Crippen LogP contribution in [0.5, 0.6) is 0 Å². The maximum Gasteiger partial charge on any atom is 0.237 e. The summed E-state index contributed by atoms with van der Waals surface area (Å²) in [5.74, 6) is 0.604. The summed E-state index contributed by atoms with van der Waals surface area (Å²) < 4.78 is 0. The number of rotatable bonds is 3. The van der Waals surface area contributed by atoms with Crippen molar-refractivity contribution < 1.29 is 0 Å². The highest BCUT2D eigenvalue weighted by atomic mass is 15.3. The summed E-state index contributed by atoms with van der Waals surface area (Å²) >= 11 is 0. The summed E-state index contributed by atoms with van der Waals surface area (Å²) in [6, 6.07) is 27.2. The van der Waals surface area contributed by atoms with Gasteiger partial charge in [-0.3, -0.25) is 4.90 Å². The molecule has 27 heavy (non-hydrogen) atoms. The standard InChI is InChI=1S/C15H12N4.C6H8N2/c1-3-7-13(8-4-1)19(14-9-5-2-6-10-14)15-17-11-16-12-18-15;7-5-2-1-3-6(8)4-5/h1-12H;1-4H,7-8H2. The fourth-order valence-corrected chi connectivity index (χ4v) is 2.44. The Labute approximate surface area is 158 Å². The largest absolute Gasteiger partial charge is 0.399 e. The highest BCUT2D eigenvalue weighted by molar-refractivity contribution is 5.71. The van der Waals surface area contributed by atoms with Crippen LogP contribution in [0.4, 0.5) is 28.7 Å². The molecule has 0 unspecified atom stereocenters. The Kier molecular flexibility index (Phi) is 5.93. The van der Waals surface area contributed by atoms with E-state index in [-0.39, 0.29) is 0 Å². The van der Waals surface area contributed by atoms with Crippen LogP contribution in [-0.2, 0) is 0 Å². The predicted octanol–water partition coefficient (Wildman–Crippen LogP) is 4.19. The van der Waals surface area contributed by atoms with Gasteiger partial charge in [0.15, 0.2) is 0 Å². The van der Waals surface area contributed by atoms with E-state index < -0.39 is 0 Å². The normalized spacial score (nSPS) is 9.78. The van der Waals surface area contributed by atoms with Gasteiger partial charge in [0.25, 0.3) is 0 Å². The summed E-state index contributed by atoms with van der Waals surface area (Å²) in [6.45, 7) is 0. The fraction of sp³-hybridized carbons (Fsp3) is 0. The Bertz CT molecular complexity index is 835. The Hall–Kier alpha value is -3.93. The molecule has 0 spiro atoms. The van der Waals surface area contributed by atoms with Crippen LogP contribution in [0.1, 0.15) is 0 Å². The predicted molar refractivity (Wildman–Crippen MR) is 110 cm³/mol. The molecule has 0 atom stereocenters. The van der Waals surface area contributed by atoms with E-state index in [4.69, 9.17) is 11.5 Å². The second-order valence-electron chi connectivity index (χ2n) is 5.61. The molecule has 4 N–H and O–H groups in total. The zero-order valence-corrected chi connectivity index (χ0v) is 14.7. The molecule has 1 heterocycles. The van der Waals surface area contributed by atoms with Crippen LogP contribution in [0.15, 0.2) is 97.6 Å². The number of hydrogen-bond acceptors (Lipinski definition) is 6. The number of hydrogen-bond donors (Lipinski definition) is 2. The quantitative estimate of drug-likeness (QED) is 0.535. The van der Waals surface area contributed by atoms with Gasteiger partial charge < -0.3 is 11.5 Å². The summed E-state index contributed by atoms with van der Waals surface area (Å²) in [5, 5.41) is 0. The van der Waals surface area contributed by atoms with Crippen LogP contribution in [-0.4, -0.2) is 15.0 Å². The zero-order chi connectivity index (χ0) is 18.9. The van der Waals surface area contributed by atoms with Crippen molar-refractivity contribution in [2.75, 3.05) is 16.4 Å². The zero-order valence-electron chi connectivity index (χ0n) is 14.7. The first-order valence-corrected chi connectivity index (χ1v) is 8.37. The molecule has 3 aromatic carbocycles. The minimum atomic E-state index is 0.604. The van der Waals surface area contributed by atoms with Gasteiger partial charge in [0.1, 0.15) is 12.7 Å². The van der Waals surface area contributed by atoms with Gasteiger partial charge in [-0.25, -0.2) is 15.0 Å². The Balaban J connectivity index is 0.000000221. The van der Waals surface area contributed by atoms with Gasteiger partial charge in [-0.1, -0.05) is 42.5 Å². The van der Waals surface area contributed by atoms with Gasteiger partial charge in [-0.2, -0.15) is 0 Å². The Morgan fingerprint density at radius 1 is 0.593 bits per heavy atom. The van der Waals surface area contributed by atoms with Crippen molar-refractivity contribution in [2.24, 2.45) is 0 Å². The van der Waals surface area contributed by atoms with Crippen molar-refractivity contribution in [3.63, 3.8) is 0 Å². The van der Waals surface area contributed by atoms with Gasteiger partial charge in [0.05, 0.1) is 0 Å². The van der Waals surface area contributed by atoms with Crippen LogP contribution >= 0.6 is 0 Å². The van der Waals surface area contributed by atoms with E-state index in [1.54, 1.807) is 18.2 Å². The second kappa shape index (κ2) is 8.96. The number of aromatic nitrogens is 3. The van der Waals surface area contributed by atoms with E-state index in [9.17, 15) is 0 Å². The lowest BCUT2D eigenvalue weighted by Crippen LogP contribution is -2.13. The summed E-state index contributed by atoms with van der Waals surface area (Å²) in [5.41, 5.74) is 14.2. The van der Waals surface area contributed by atoms with E-state index >= 15 is 0 Å². The Morgan fingerprint density at radius 3 is 1.48 bits per heavy atom. The highest BCUT2D eigenvalue weighted by Gasteiger charge is 2.13. The molecule has 0 saturated heterocycles. The number of nitrogen functional groups attached to an aromatic ring is 2. The Morgan fingerprint density at radius 2 is 1.07 bits per heavy atom. The van der Waals surface area contributed by atoms with Crippen molar-refractivity contribution in [1.82, 2.24) is 15.0 Å². The molecule has 0 aliphatic heterocycles. The average molecular weight is 356 g/mol. The fourth-order valence-electron chi connectivity index (χ4n) is 2.44. The lowest BCUT2D eigenvalue weighted by Gasteiger charge is -2.22. The number of benzene rings is 3. The second-order valence-corrected chi connectivity index (χ2v) is 5.61. The van der Waals surface area contributed by atoms with Crippen molar-refractivity contribution in [1.29, 1.82) is 0 Å². The maximum atomic E-state index is 5.38. The first kappa shape index (κ1) is 17.9. The van der Waals surface area contributed by atoms with Crippen molar-refractivity contribution in [3.8, 4) is 0 Å². The minimum Gasteiger partial charge on any atom is -0.399 e. The van der Waals surface area contributed by atoms with Crippen molar-refractivity contribution in [3.05, 3.63) is 97.6 Å². The first-order valence-electron chi connectivity index (χ1n) is 8.37. The molecule has 6 heteroatoms. The van der Waals surface area contributed by atoms with Gasteiger partial charge >= 0.3 is 0 Å². The molecule has 6 nitrogen and oxygen atoms in total. The number of para-hydroxylation sites is 2.